The van der Waals surface area contributed by atoms with Crippen molar-refractivity contribution in [2.24, 2.45) is 5.73 Å². The molecule has 0 heterocycles. The molecule has 0 saturated heterocycles. The number of amides is 1. The van der Waals surface area contributed by atoms with Crippen molar-refractivity contribution in [1.82, 2.24) is 5.32 Å². The van der Waals surface area contributed by atoms with Crippen LogP contribution in [-0.4, -0.2) is 5.91 Å². The van der Waals surface area contributed by atoms with Crippen LogP contribution < -0.4 is 11.1 Å². The molecule has 0 aliphatic rings. The third kappa shape index (κ3) is 4.92. The number of halogens is 1. The summed E-state index contributed by atoms with van der Waals surface area (Å²) >= 11 is 0. The smallest absolute Gasteiger partial charge is 0.241 e. The summed E-state index contributed by atoms with van der Waals surface area (Å²) in [5.74, 6) is -0.175. The van der Waals surface area contributed by atoms with Crippen LogP contribution >= 0.6 is 12.4 Å². The molecular weight excluding hydrogens is 332 g/mol. The minimum absolute atomic E-state index is 0. The fourth-order valence-electron chi connectivity index (χ4n) is 2.56. The van der Waals surface area contributed by atoms with Crippen LogP contribution in [0.4, 0.5) is 0 Å². The maximum Gasteiger partial charge on any atom is 0.241 e. The number of hydrogen-bond donors (Lipinski definition) is 2. The summed E-state index contributed by atoms with van der Waals surface area (Å²) in [5.41, 5.74) is 10.2. The molecule has 0 radical (unpaired) electrons. The first kappa shape index (κ1) is 18.7. The minimum Gasteiger partial charge on any atom is -0.350 e. The van der Waals surface area contributed by atoms with E-state index in [2.05, 4.69) is 17.4 Å². The lowest BCUT2D eigenvalue weighted by molar-refractivity contribution is -0.122. The molecule has 0 saturated carbocycles. The first-order chi connectivity index (χ1) is 11.7. The van der Waals surface area contributed by atoms with E-state index in [1.54, 1.807) is 0 Å². The van der Waals surface area contributed by atoms with Crippen LogP contribution in [0.3, 0.4) is 0 Å². The Labute approximate surface area is 154 Å². The van der Waals surface area contributed by atoms with Gasteiger partial charge in [0.1, 0.15) is 6.04 Å². The van der Waals surface area contributed by atoms with E-state index < -0.39 is 6.04 Å². The number of rotatable bonds is 5. The highest BCUT2D eigenvalue weighted by atomic mass is 35.5. The van der Waals surface area contributed by atoms with Crippen molar-refractivity contribution in [1.29, 1.82) is 0 Å². The van der Waals surface area contributed by atoms with Gasteiger partial charge < -0.3 is 11.1 Å². The zero-order valence-electron chi connectivity index (χ0n) is 13.8. The minimum atomic E-state index is -0.668. The summed E-state index contributed by atoms with van der Waals surface area (Å²) in [6.07, 6.45) is 0. The molecule has 1 amide bonds. The van der Waals surface area contributed by atoms with Gasteiger partial charge in [-0.05, 0) is 22.3 Å². The zero-order valence-corrected chi connectivity index (χ0v) is 14.6. The van der Waals surface area contributed by atoms with Gasteiger partial charge in [-0.15, -0.1) is 12.4 Å². The molecule has 0 aromatic heterocycles. The second kappa shape index (κ2) is 9.02. The Kier molecular flexibility index (Phi) is 6.75. The predicted octanol–water partition coefficient (Wildman–Crippen LogP) is 4.09. The maximum atomic E-state index is 12.2. The van der Waals surface area contributed by atoms with Crippen molar-refractivity contribution in [2.45, 2.75) is 12.6 Å². The van der Waals surface area contributed by atoms with Gasteiger partial charge in [0.25, 0.3) is 0 Å². The van der Waals surface area contributed by atoms with Crippen LogP contribution in [0, 0.1) is 0 Å². The molecule has 3 rings (SSSR count). The van der Waals surface area contributed by atoms with Crippen LogP contribution in [0.2, 0.25) is 0 Å². The van der Waals surface area contributed by atoms with E-state index >= 15 is 0 Å². The number of carbonyl (C=O) groups excluding carboxylic acids is 1. The van der Waals surface area contributed by atoms with Crippen molar-refractivity contribution in [3.8, 4) is 11.1 Å². The van der Waals surface area contributed by atoms with Gasteiger partial charge in [0.15, 0.2) is 0 Å². The van der Waals surface area contributed by atoms with Crippen molar-refractivity contribution >= 4 is 18.3 Å². The Morgan fingerprint density at radius 3 is 1.92 bits per heavy atom. The Hall–Kier alpha value is -2.62. The largest absolute Gasteiger partial charge is 0.350 e. The third-order valence-electron chi connectivity index (χ3n) is 3.97. The number of carbonyl (C=O) groups is 1. The van der Waals surface area contributed by atoms with Gasteiger partial charge in [0.05, 0.1) is 0 Å². The van der Waals surface area contributed by atoms with Crippen LogP contribution in [0.5, 0.6) is 0 Å². The Bertz CT molecular complexity index is 789. The summed E-state index contributed by atoms with van der Waals surface area (Å²) < 4.78 is 0. The average molecular weight is 353 g/mol. The van der Waals surface area contributed by atoms with E-state index in [0.29, 0.717) is 6.54 Å². The molecule has 0 aliphatic heterocycles. The lowest BCUT2D eigenvalue weighted by Crippen LogP contribution is -2.33. The van der Waals surface area contributed by atoms with Crippen LogP contribution in [0.25, 0.3) is 11.1 Å². The van der Waals surface area contributed by atoms with E-state index in [0.717, 1.165) is 22.3 Å². The molecular formula is C21H21ClN2O. The van der Waals surface area contributed by atoms with E-state index in [1.807, 2.05) is 72.8 Å². The Morgan fingerprint density at radius 2 is 1.32 bits per heavy atom. The van der Waals surface area contributed by atoms with Gasteiger partial charge in [0, 0.05) is 6.54 Å². The first-order valence-electron chi connectivity index (χ1n) is 7.96. The summed E-state index contributed by atoms with van der Waals surface area (Å²) in [6.45, 7) is 0.482. The zero-order chi connectivity index (χ0) is 16.8. The first-order valence-corrected chi connectivity index (χ1v) is 7.96. The van der Waals surface area contributed by atoms with Gasteiger partial charge in [-0.3, -0.25) is 4.79 Å². The number of nitrogens with one attached hydrogen (secondary N) is 1. The molecule has 3 N–H and O–H groups in total. The molecule has 3 aromatic carbocycles. The van der Waals surface area contributed by atoms with Crippen LogP contribution in [0.15, 0.2) is 84.9 Å². The van der Waals surface area contributed by atoms with E-state index in [-0.39, 0.29) is 18.3 Å². The third-order valence-corrected chi connectivity index (χ3v) is 3.97. The summed E-state index contributed by atoms with van der Waals surface area (Å²) in [7, 11) is 0. The Balaban J connectivity index is 0.00000225. The molecule has 0 bridgehead atoms. The fraction of sp³-hybridized carbons (Fsp3) is 0.0952. The van der Waals surface area contributed by atoms with Gasteiger partial charge in [-0.25, -0.2) is 0 Å². The van der Waals surface area contributed by atoms with Crippen LogP contribution in [0.1, 0.15) is 17.2 Å². The fourth-order valence-corrected chi connectivity index (χ4v) is 2.56. The SMILES string of the molecule is Cl.NC(C(=O)NCc1ccccc1)c1ccc(-c2ccccc2)cc1. The van der Waals surface area contributed by atoms with Crippen molar-refractivity contribution in [2.75, 3.05) is 0 Å². The highest BCUT2D eigenvalue weighted by molar-refractivity contribution is 5.85. The van der Waals surface area contributed by atoms with Gasteiger partial charge in [-0.2, -0.15) is 0 Å². The second-order valence-electron chi connectivity index (χ2n) is 5.67. The summed E-state index contributed by atoms with van der Waals surface area (Å²) in [6, 6.07) is 27.1. The molecule has 0 aliphatic carbocycles. The molecule has 25 heavy (non-hydrogen) atoms. The number of benzene rings is 3. The van der Waals surface area contributed by atoms with Gasteiger partial charge in [0.2, 0.25) is 5.91 Å². The van der Waals surface area contributed by atoms with Crippen LogP contribution in [-0.2, 0) is 11.3 Å². The monoisotopic (exact) mass is 352 g/mol. The number of hydrogen-bond acceptors (Lipinski definition) is 2. The van der Waals surface area contributed by atoms with E-state index in [4.69, 9.17) is 5.73 Å². The molecule has 0 spiro atoms. The summed E-state index contributed by atoms with van der Waals surface area (Å²) in [4.78, 5) is 12.2. The molecule has 3 aromatic rings. The quantitative estimate of drug-likeness (QED) is 0.726. The van der Waals surface area contributed by atoms with E-state index in [1.165, 1.54) is 0 Å². The lowest BCUT2D eigenvalue weighted by Gasteiger charge is -2.13. The standard InChI is InChI=1S/C21H20N2O.ClH/c22-20(21(24)23-15-16-7-3-1-4-8-16)19-13-11-18(12-14-19)17-9-5-2-6-10-17;/h1-14,20H,15,22H2,(H,23,24);1H. The van der Waals surface area contributed by atoms with Crippen molar-refractivity contribution in [3.63, 3.8) is 0 Å². The van der Waals surface area contributed by atoms with Crippen molar-refractivity contribution in [3.05, 3.63) is 96.1 Å². The number of nitrogens with two attached hydrogens (primary N) is 1. The normalized spacial score (nSPS) is 11.2. The van der Waals surface area contributed by atoms with Crippen molar-refractivity contribution < 1.29 is 4.79 Å². The summed E-state index contributed by atoms with van der Waals surface area (Å²) in [5, 5.41) is 2.88. The topological polar surface area (TPSA) is 55.1 Å². The maximum absolute atomic E-state index is 12.2. The molecule has 1 unspecified atom stereocenters. The predicted molar refractivity (Wildman–Crippen MR) is 104 cm³/mol. The lowest BCUT2D eigenvalue weighted by atomic mass is 10.0. The van der Waals surface area contributed by atoms with E-state index in [9.17, 15) is 4.79 Å². The van der Waals surface area contributed by atoms with Gasteiger partial charge in [-0.1, -0.05) is 84.9 Å². The average Bonchev–Trinajstić information content (AvgIpc) is 2.67. The molecule has 1 atom stereocenters. The Morgan fingerprint density at radius 1 is 0.800 bits per heavy atom. The molecule has 0 fully saturated rings. The molecule has 4 heteroatoms. The van der Waals surface area contributed by atoms with Gasteiger partial charge >= 0.3 is 0 Å². The molecule has 3 nitrogen and oxygen atoms in total. The molecule has 128 valence electrons. The highest BCUT2D eigenvalue weighted by Gasteiger charge is 2.15. The highest BCUT2D eigenvalue weighted by Crippen LogP contribution is 2.21. The second-order valence-corrected chi connectivity index (χ2v) is 5.67.